The van der Waals surface area contributed by atoms with E-state index >= 15 is 0 Å². The molecule has 0 aromatic heterocycles. The molecule has 0 saturated carbocycles. The van der Waals surface area contributed by atoms with Gasteiger partial charge in [-0.1, -0.05) is 36.8 Å². The fraction of sp³-hybridized carbons (Fsp3) is 0.571. The minimum atomic E-state index is -2.92. The molecule has 0 amide bonds. The SMILES string of the molecule is CCS(=O)(=O)C[C@H](C)N[C@H](C)c1ccc(C)cc1. The lowest BCUT2D eigenvalue weighted by Gasteiger charge is -2.20. The number of hydrogen-bond donors (Lipinski definition) is 1. The number of rotatable bonds is 6. The van der Waals surface area contributed by atoms with Crippen molar-refractivity contribution in [3.8, 4) is 0 Å². The number of benzene rings is 1. The molecule has 0 aliphatic carbocycles. The molecule has 1 N–H and O–H groups in total. The third-order valence-electron chi connectivity index (χ3n) is 3.06. The normalized spacial score (nSPS) is 15.3. The van der Waals surface area contributed by atoms with Crippen LogP contribution in [0.3, 0.4) is 0 Å². The Balaban J connectivity index is 2.59. The molecule has 18 heavy (non-hydrogen) atoms. The second-order valence-corrected chi connectivity index (χ2v) is 7.30. The van der Waals surface area contributed by atoms with Crippen molar-refractivity contribution in [2.24, 2.45) is 0 Å². The van der Waals surface area contributed by atoms with Crippen LogP contribution in [0.25, 0.3) is 0 Å². The lowest BCUT2D eigenvalue weighted by Crippen LogP contribution is -2.35. The maximum absolute atomic E-state index is 11.5. The molecule has 0 radical (unpaired) electrons. The minimum absolute atomic E-state index is 0.0359. The van der Waals surface area contributed by atoms with E-state index in [4.69, 9.17) is 0 Å². The second kappa shape index (κ2) is 6.34. The number of aryl methyl sites for hydroxylation is 1. The van der Waals surface area contributed by atoms with E-state index in [1.807, 2.05) is 6.92 Å². The van der Waals surface area contributed by atoms with E-state index in [1.165, 1.54) is 11.1 Å². The Morgan fingerprint density at radius 3 is 2.22 bits per heavy atom. The first-order valence-electron chi connectivity index (χ1n) is 6.37. The van der Waals surface area contributed by atoms with Gasteiger partial charge in [0.15, 0.2) is 9.84 Å². The highest BCUT2D eigenvalue weighted by atomic mass is 32.2. The molecular formula is C14H23NO2S. The maximum atomic E-state index is 11.5. The Kier molecular flexibility index (Phi) is 5.35. The van der Waals surface area contributed by atoms with E-state index in [1.54, 1.807) is 6.92 Å². The van der Waals surface area contributed by atoms with Crippen molar-refractivity contribution in [2.75, 3.05) is 11.5 Å². The zero-order chi connectivity index (χ0) is 13.8. The van der Waals surface area contributed by atoms with Crippen LogP contribution in [-0.4, -0.2) is 26.0 Å². The highest BCUT2D eigenvalue weighted by molar-refractivity contribution is 7.91. The molecule has 0 spiro atoms. The van der Waals surface area contributed by atoms with Gasteiger partial charge in [0.25, 0.3) is 0 Å². The van der Waals surface area contributed by atoms with Crippen molar-refractivity contribution >= 4 is 9.84 Å². The van der Waals surface area contributed by atoms with Crippen LogP contribution >= 0.6 is 0 Å². The van der Waals surface area contributed by atoms with Crippen molar-refractivity contribution in [3.05, 3.63) is 35.4 Å². The summed E-state index contributed by atoms with van der Waals surface area (Å²) in [6, 6.07) is 8.42. The lowest BCUT2D eigenvalue weighted by atomic mass is 10.1. The lowest BCUT2D eigenvalue weighted by molar-refractivity contribution is 0.500. The van der Waals surface area contributed by atoms with Gasteiger partial charge >= 0.3 is 0 Å². The number of sulfone groups is 1. The average Bonchev–Trinajstić information content (AvgIpc) is 2.29. The van der Waals surface area contributed by atoms with Crippen LogP contribution in [0.5, 0.6) is 0 Å². The molecule has 0 heterocycles. The van der Waals surface area contributed by atoms with E-state index in [0.717, 1.165) is 0 Å². The maximum Gasteiger partial charge on any atom is 0.151 e. The Bertz CT molecular complexity index is 465. The van der Waals surface area contributed by atoms with Gasteiger partial charge in [-0.15, -0.1) is 0 Å². The van der Waals surface area contributed by atoms with Gasteiger partial charge < -0.3 is 5.32 Å². The highest BCUT2D eigenvalue weighted by Gasteiger charge is 2.16. The molecule has 0 fully saturated rings. The summed E-state index contributed by atoms with van der Waals surface area (Å²) in [5.41, 5.74) is 2.41. The highest BCUT2D eigenvalue weighted by Crippen LogP contribution is 2.14. The van der Waals surface area contributed by atoms with E-state index < -0.39 is 9.84 Å². The van der Waals surface area contributed by atoms with Gasteiger partial charge in [0.1, 0.15) is 0 Å². The molecule has 0 bridgehead atoms. The second-order valence-electron chi connectivity index (χ2n) is 4.90. The van der Waals surface area contributed by atoms with Crippen LogP contribution in [0.4, 0.5) is 0 Å². The first-order valence-corrected chi connectivity index (χ1v) is 8.19. The molecule has 0 aliphatic rings. The molecule has 0 saturated heterocycles. The van der Waals surface area contributed by atoms with Crippen LogP contribution in [0.1, 0.15) is 37.9 Å². The molecule has 102 valence electrons. The zero-order valence-electron chi connectivity index (χ0n) is 11.6. The summed E-state index contributed by atoms with van der Waals surface area (Å²) < 4.78 is 23.1. The zero-order valence-corrected chi connectivity index (χ0v) is 12.4. The van der Waals surface area contributed by atoms with Gasteiger partial charge in [-0.2, -0.15) is 0 Å². The summed E-state index contributed by atoms with van der Waals surface area (Å²) in [5, 5.41) is 3.33. The first-order chi connectivity index (χ1) is 8.34. The number of nitrogens with one attached hydrogen (secondary N) is 1. The third-order valence-corrected chi connectivity index (χ3v) is 4.94. The Morgan fingerprint density at radius 1 is 1.17 bits per heavy atom. The van der Waals surface area contributed by atoms with Crippen LogP contribution < -0.4 is 5.32 Å². The quantitative estimate of drug-likeness (QED) is 0.863. The largest absolute Gasteiger partial charge is 0.307 e. The smallest absolute Gasteiger partial charge is 0.151 e. The van der Waals surface area contributed by atoms with Crippen molar-refractivity contribution in [1.82, 2.24) is 5.32 Å². The predicted molar refractivity (Wildman–Crippen MR) is 76.5 cm³/mol. The fourth-order valence-electron chi connectivity index (χ4n) is 1.92. The Hall–Kier alpha value is -0.870. The summed E-state index contributed by atoms with van der Waals surface area (Å²) in [6.45, 7) is 7.71. The van der Waals surface area contributed by atoms with E-state index in [2.05, 4.69) is 43.4 Å². The van der Waals surface area contributed by atoms with Crippen molar-refractivity contribution in [2.45, 2.75) is 39.8 Å². The van der Waals surface area contributed by atoms with Gasteiger partial charge in [-0.25, -0.2) is 8.42 Å². The first kappa shape index (κ1) is 15.2. The summed E-state index contributed by atoms with van der Waals surface area (Å²) >= 11 is 0. The summed E-state index contributed by atoms with van der Waals surface area (Å²) in [6.07, 6.45) is 0. The van der Waals surface area contributed by atoms with Gasteiger partial charge in [-0.3, -0.25) is 0 Å². The predicted octanol–water partition coefficient (Wildman–Crippen LogP) is 2.47. The average molecular weight is 269 g/mol. The Labute approximate surface area is 111 Å². The van der Waals surface area contributed by atoms with Crippen molar-refractivity contribution in [1.29, 1.82) is 0 Å². The summed E-state index contributed by atoms with van der Waals surface area (Å²) in [5.74, 6) is 0.400. The standard InChI is InChI=1S/C14H23NO2S/c1-5-18(16,17)10-12(3)15-13(4)14-8-6-11(2)7-9-14/h6-9,12-13,15H,5,10H2,1-4H3/t12-,13+/m0/s1. The van der Waals surface area contributed by atoms with Crippen LogP contribution in [0, 0.1) is 6.92 Å². The monoisotopic (exact) mass is 269 g/mol. The van der Waals surface area contributed by atoms with E-state index in [0.29, 0.717) is 0 Å². The van der Waals surface area contributed by atoms with Gasteiger partial charge in [0.05, 0.1) is 5.75 Å². The third kappa shape index (κ3) is 4.78. The van der Waals surface area contributed by atoms with E-state index in [9.17, 15) is 8.42 Å². The minimum Gasteiger partial charge on any atom is -0.307 e. The van der Waals surface area contributed by atoms with Crippen molar-refractivity contribution < 1.29 is 8.42 Å². The summed E-state index contributed by atoms with van der Waals surface area (Å²) in [7, 11) is -2.92. The molecular weight excluding hydrogens is 246 g/mol. The van der Waals surface area contributed by atoms with Gasteiger partial charge in [0, 0.05) is 17.8 Å². The molecule has 2 atom stereocenters. The van der Waals surface area contributed by atoms with Crippen LogP contribution in [0.2, 0.25) is 0 Å². The number of hydrogen-bond acceptors (Lipinski definition) is 3. The fourth-order valence-corrected chi connectivity index (χ4v) is 3.02. The van der Waals surface area contributed by atoms with E-state index in [-0.39, 0.29) is 23.6 Å². The van der Waals surface area contributed by atoms with Crippen molar-refractivity contribution in [3.63, 3.8) is 0 Å². The van der Waals surface area contributed by atoms with Gasteiger partial charge in [-0.05, 0) is 26.3 Å². The summed E-state index contributed by atoms with van der Waals surface area (Å²) in [4.78, 5) is 0. The molecule has 0 unspecified atom stereocenters. The topological polar surface area (TPSA) is 46.2 Å². The molecule has 1 rings (SSSR count). The van der Waals surface area contributed by atoms with Crippen LogP contribution in [-0.2, 0) is 9.84 Å². The molecule has 3 nitrogen and oxygen atoms in total. The molecule has 1 aromatic carbocycles. The Morgan fingerprint density at radius 2 is 1.72 bits per heavy atom. The molecule has 1 aromatic rings. The van der Waals surface area contributed by atoms with Gasteiger partial charge in [0.2, 0.25) is 0 Å². The molecule has 4 heteroatoms. The molecule has 0 aliphatic heterocycles. The van der Waals surface area contributed by atoms with Crippen LogP contribution in [0.15, 0.2) is 24.3 Å².